The van der Waals surface area contributed by atoms with Crippen LogP contribution in [0.5, 0.6) is 0 Å². The average Bonchev–Trinajstić information content (AvgIpc) is 2.29. The lowest BCUT2D eigenvalue weighted by Crippen LogP contribution is -2.55. The third-order valence-electron chi connectivity index (χ3n) is 1.91. The Balaban J connectivity index is 5.02. The first-order valence-electron chi connectivity index (χ1n) is 4.77. The molecule has 0 aliphatic rings. The fraction of sp³-hybridized carbons (Fsp3) is 0.667. The summed E-state index contributed by atoms with van der Waals surface area (Å²) in [6.07, 6.45) is -2.50. The molecule has 0 aromatic carbocycles. The average molecular weight is 354 g/mol. The zero-order valence-corrected chi connectivity index (χ0v) is 11.8. The molecule has 0 radical (unpaired) electrons. The lowest BCUT2D eigenvalue weighted by Gasteiger charge is -2.24. The van der Waals surface area contributed by atoms with Crippen LogP contribution in [0.2, 0.25) is 0 Å². The molecule has 21 heavy (non-hydrogen) atoms. The van der Waals surface area contributed by atoms with Crippen LogP contribution in [0.15, 0.2) is 0 Å². The number of rotatable bonds is 9. The van der Waals surface area contributed by atoms with E-state index in [1.807, 2.05) is 0 Å². The first-order chi connectivity index (χ1) is 9.19. The van der Waals surface area contributed by atoms with Crippen molar-refractivity contribution < 1.29 is 62.7 Å². The van der Waals surface area contributed by atoms with Gasteiger partial charge in [0, 0.05) is 0 Å². The Labute approximate surface area is 116 Å². The largest absolute Gasteiger partial charge is 0.479 e. The van der Waals surface area contributed by atoms with Crippen molar-refractivity contribution in [3.05, 3.63) is 0 Å². The second-order valence-corrected chi connectivity index (χ2v) is 6.07. The smallest absolute Gasteiger partial charge is 0.469 e. The fourth-order valence-electron chi connectivity index (χ4n) is 0.935. The lowest BCUT2D eigenvalue weighted by molar-refractivity contribution is -0.173. The molecule has 0 amide bonds. The number of hydrogen-bond donors (Lipinski definition) is 7. The number of ketones is 1. The second kappa shape index (κ2) is 7.03. The number of carboxylic acids is 1. The highest BCUT2D eigenvalue weighted by molar-refractivity contribution is 7.46. The molecule has 124 valence electrons. The number of phosphoric acid groups is 2. The van der Waals surface area contributed by atoms with Crippen molar-refractivity contribution in [1.29, 1.82) is 0 Å². The monoisotopic (exact) mass is 354 g/mol. The van der Waals surface area contributed by atoms with Crippen LogP contribution in [0.25, 0.3) is 0 Å². The minimum atomic E-state index is -5.23. The molecule has 7 N–H and O–H groups in total. The normalized spacial score (nSPS) is 17.0. The maximum absolute atomic E-state index is 11.5. The van der Waals surface area contributed by atoms with E-state index in [0.29, 0.717) is 0 Å². The molecule has 0 spiro atoms. The van der Waals surface area contributed by atoms with Gasteiger partial charge in [0.2, 0.25) is 11.4 Å². The Morgan fingerprint density at radius 1 is 1.05 bits per heavy atom. The molecule has 0 aromatic rings. The predicted molar refractivity (Wildman–Crippen MR) is 59.6 cm³/mol. The molecule has 0 aliphatic heterocycles. The first kappa shape index (κ1) is 20.3. The number of aliphatic hydroxyl groups is 2. The van der Waals surface area contributed by atoms with Crippen molar-refractivity contribution in [3.63, 3.8) is 0 Å². The number of Topliss-reactive ketones (excluding diaryl/α,β-unsaturated/α-hetero) is 1. The van der Waals surface area contributed by atoms with Crippen molar-refractivity contribution in [2.45, 2.75) is 11.7 Å². The summed E-state index contributed by atoms with van der Waals surface area (Å²) in [5.74, 6) is -4.26. The maximum atomic E-state index is 11.5. The standard InChI is InChI=1S/C6H12O13P2/c7-3(1-18-20(12,13)14)4(8)6(11,5(9)10)2-19-21(15,16)17/h3,7,11H,1-2H2,(H,9,10)(H2,12,13,14)(H2,15,16,17)/t3-,6-/m1/s1. The number of aliphatic hydroxyl groups excluding tert-OH is 1. The van der Waals surface area contributed by atoms with Gasteiger partial charge in [-0.15, -0.1) is 0 Å². The Morgan fingerprint density at radius 3 is 1.81 bits per heavy atom. The summed E-state index contributed by atoms with van der Waals surface area (Å²) in [5, 5.41) is 27.4. The van der Waals surface area contributed by atoms with Gasteiger partial charge in [-0.25, -0.2) is 13.9 Å². The third-order valence-corrected chi connectivity index (χ3v) is 2.86. The molecule has 2 atom stereocenters. The van der Waals surface area contributed by atoms with E-state index in [1.54, 1.807) is 0 Å². The second-order valence-electron chi connectivity index (χ2n) is 3.60. The van der Waals surface area contributed by atoms with E-state index in [2.05, 4.69) is 9.05 Å². The van der Waals surface area contributed by atoms with Gasteiger partial charge in [0.25, 0.3) is 0 Å². The van der Waals surface area contributed by atoms with E-state index in [1.165, 1.54) is 0 Å². The summed E-state index contributed by atoms with van der Waals surface area (Å²) >= 11 is 0. The van der Waals surface area contributed by atoms with E-state index in [-0.39, 0.29) is 0 Å². The zero-order chi connectivity index (χ0) is 17.1. The van der Waals surface area contributed by atoms with Gasteiger partial charge in [-0.1, -0.05) is 0 Å². The number of hydrogen-bond acceptors (Lipinski definition) is 8. The number of aliphatic carboxylic acids is 1. The molecule has 0 bridgehead atoms. The Kier molecular flexibility index (Phi) is 6.79. The summed E-state index contributed by atoms with van der Waals surface area (Å²) in [6, 6.07) is 0. The maximum Gasteiger partial charge on any atom is 0.469 e. The van der Waals surface area contributed by atoms with Crippen LogP contribution < -0.4 is 0 Å². The summed E-state index contributed by atoms with van der Waals surface area (Å²) in [4.78, 5) is 55.7. The Morgan fingerprint density at radius 2 is 1.48 bits per heavy atom. The van der Waals surface area contributed by atoms with Gasteiger partial charge in [0.15, 0.2) is 0 Å². The van der Waals surface area contributed by atoms with Gasteiger partial charge in [0.05, 0.1) is 6.61 Å². The van der Waals surface area contributed by atoms with E-state index < -0.39 is 52.3 Å². The van der Waals surface area contributed by atoms with Crippen LogP contribution >= 0.6 is 15.6 Å². The number of phosphoric ester groups is 2. The van der Waals surface area contributed by atoms with Gasteiger partial charge >= 0.3 is 21.6 Å². The van der Waals surface area contributed by atoms with Crippen molar-refractivity contribution in [1.82, 2.24) is 0 Å². The zero-order valence-electron chi connectivity index (χ0n) is 9.97. The fourth-order valence-corrected chi connectivity index (χ4v) is 1.63. The molecule has 0 aromatic heterocycles. The lowest BCUT2D eigenvalue weighted by atomic mass is 9.96. The first-order valence-corrected chi connectivity index (χ1v) is 7.83. The van der Waals surface area contributed by atoms with Crippen LogP contribution in [0.4, 0.5) is 0 Å². The molecule has 0 unspecified atom stereocenters. The van der Waals surface area contributed by atoms with Crippen molar-refractivity contribution >= 4 is 27.4 Å². The van der Waals surface area contributed by atoms with Gasteiger partial charge in [-0.2, -0.15) is 0 Å². The Hall–Kier alpha value is -0.720. The molecule has 0 fully saturated rings. The van der Waals surface area contributed by atoms with Crippen molar-refractivity contribution in [2.24, 2.45) is 0 Å². The number of carbonyl (C=O) groups is 2. The molecule has 0 rings (SSSR count). The van der Waals surface area contributed by atoms with E-state index in [4.69, 9.17) is 24.7 Å². The molecule has 0 aliphatic carbocycles. The summed E-state index contributed by atoms with van der Waals surface area (Å²) < 4.78 is 28.2. The van der Waals surface area contributed by atoms with Crippen molar-refractivity contribution in [3.8, 4) is 0 Å². The third kappa shape index (κ3) is 7.20. The highest BCUT2D eigenvalue weighted by Crippen LogP contribution is 2.38. The highest BCUT2D eigenvalue weighted by atomic mass is 31.2. The molecular weight excluding hydrogens is 342 g/mol. The van der Waals surface area contributed by atoms with E-state index >= 15 is 0 Å². The highest BCUT2D eigenvalue weighted by Gasteiger charge is 2.49. The SMILES string of the molecule is O=C(O)[C@@](O)(COP(=O)(O)O)C(=O)[C@H](O)COP(=O)(O)O. The molecule has 0 saturated carbocycles. The molecular formula is C6H12O13P2. The van der Waals surface area contributed by atoms with Gasteiger partial charge < -0.3 is 34.9 Å². The van der Waals surface area contributed by atoms with E-state index in [9.17, 15) is 28.9 Å². The summed E-state index contributed by atoms with van der Waals surface area (Å²) in [7, 11) is -10.3. The van der Waals surface area contributed by atoms with Crippen LogP contribution in [0.3, 0.4) is 0 Å². The van der Waals surface area contributed by atoms with Gasteiger partial charge in [-0.05, 0) is 0 Å². The molecule has 0 heterocycles. The Bertz CT molecular complexity index is 489. The predicted octanol–water partition coefficient (Wildman–Crippen LogP) is -3.05. The van der Waals surface area contributed by atoms with E-state index in [0.717, 1.165) is 0 Å². The molecule has 0 saturated heterocycles. The topological polar surface area (TPSA) is 228 Å². The molecule has 13 nitrogen and oxygen atoms in total. The summed E-state index contributed by atoms with van der Waals surface area (Å²) in [5.41, 5.74) is -3.56. The van der Waals surface area contributed by atoms with Crippen LogP contribution in [0, 0.1) is 0 Å². The van der Waals surface area contributed by atoms with Crippen LogP contribution in [0.1, 0.15) is 0 Å². The van der Waals surface area contributed by atoms with Crippen LogP contribution in [-0.4, -0.2) is 71.6 Å². The molecule has 15 heteroatoms. The quantitative estimate of drug-likeness (QED) is 0.161. The van der Waals surface area contributed by atoms with Crippen molar-refractivity contribution in [2.75, 3.05) is 13.2 Å². The number of carboxylic acid groups (broad SMARTS) is 1. The van der Waals surface area contributed by atoms with Gasteiger partial charge in [0.1, 0.15) is 12.7 Å². The minimum Gasteiger partial charge on any atom is -0.479 e. The summed E-state index contributed by atoms with van der Waals surface area (Å²) in [6.45, 7) is -3.08. The minimum absolute atomic E-state index is 1.37. The number of carbonyl (C=O) groups excluding carboxylic acids is 1. The van der Waals surface area contributed by atoms with Gasteiger partial charge in [-0.3, -0.25) is 13.8 Å². The van der Waals surface area contributed by atoms with Crippen LogP contribution in [-0.2, 0) is 27.8 Å².